The molecule has 0 aromatic rings. The zero-order valence-electron chi connectivity index (χ0n) is 13.0. The summed E-state index contributed by atoms with van der Waals surface area (Å²) in [6, 6.07) is 0.267. The van der Waals surface area contributed by atoms with Gasteiger partial charge in [0.1, 0.15) is 0 Å². The molecule has 0 radical (unpaired) electrons. The molecule has 0 aromatic carbocycles. The summed E-state index contributed by atoms with van der Waals surface area (Å²) < 4.78 is 0. The van der Waals surface area contributed by atoms with Crippen LogP contribution in [0.2, 0.25) is 0 Å². The molecule has 0 aromatic heterocycles. The summed E-state index contributed by atoms with van der Waals surface area (Å²) in [6.07, 6.45) is 2.90. The van der Waals surface area contributed by atoms with Gasteiger partial charge in [-0.1, -0.05) is 27.7 Å². The van der Waals surface area contributed by atoms with Gasteiger partial charge in [-0.3, -0.25) is 4.79 Å². The maximum Gasteiger partial charge on any atom is 0.228 e. The van der Waals surface area contributed by atoms with Crippen LogP contribution in [0, 0.1) is 10.8 Å². The predicted octanol–water partition coefficient (Wildman–Crippen LogP) is 2.66. The first-order valence-corrected chi connectivity index (χ1v) is 7.22. The molecule has 18 heavy (non-hydrogen) atoms. The van der Waals surface area contributed by atoms with Crippen LogP contribution >= 0.6 is 0 Å². The van der Waals surface area contributed by atoms with Crippen LogP contribution in [-0.2, 0) is 4.79 Å². The molecule has 1 rings (SSSR count). The summed E-state index contributed by atoms with van der Waals surface area (Å²) in [5.41, 5.74) is 0.00572. The number of carbonyl (C=O) groups excluding carboxylic acids is 1. The van der Waals surface area contributed by atoms with Crippen LogP contribution < -0.4 is 5.32 Å². The van der Waals surface area contributed by atoms with Gasteiger partial charge < -0.3 is 10.2 Å². The number of carbonyl (C=O) groups is 1. The molecule has 1 heterocycles. The van der Waals surface area contributed by atoms with Gasteiger partial charge in [-0.25, -0.2) is 0 Å². The highest BCUT2D eigenvalue weighted by Gasteiger charge is 2.41. The van der Waals surface area contributed by atoms with Gasteiger partial charge in [0.15, 0.2) is 0 Å². The Kier molecular flexibility index (Phi) is 4.82. The van der Waals surface area contributed by atoms with Crippen molar-refractivity contribution in [3.8, 4) is 0 Å². The Morgan fingerprint density at radius 1 is 1.33 bits per heavy atom. The molecule has 1 amide bonds. The number of hydrogen-bond donors (Lipinski definition) is 1. The Morgan fingerprint density at radius 3 is 2.22 bits per heavy atom. The standard InChI is InChI=1S/C15H30N2O/c1-7-15(8-10-16-11-9-15)13(18)17(6)12(2)14(3,4)5/h12,16H,7-11H2,1-6H3. The second-order valence-corrected chi connectivity index (χ2v) is 6.84. The Labute approximate surface area is 112 Å². The average molecular weight is 254 g/mol. The summed E-state index contributed by atoms with van der Waals surface area (Å²) in [5.74, 6) is 0.342. The van der Waals surface area contributed by atoms with Crippen molar-refractivity contribution in [1.29, 1.82) is 0 Å². The van der Waals surface area contributed by atoms with Crippen molar-refractivity contribution in [2.45, 2.75) is 59.9 Å². The van der Waals surface area contributed by atoms with Crippen molar-refractivity contribution in [1.82, 2.24) is 10.2 Å². The van der Waals surface area contributed by atoms with Crippen molar-refractivity contribution in [2.75, 3.05) is 20.1 Å². The van der Waals surface area contributed by atoms with Crippen molar-refractivity contribution >= 4 is 5.91 Å². The van der Waals surface area contributed by atoms with Crippen LogP contribution in [0.15, 0.2) is 0 Å². The Balaban J connectivity index is 2.84. The largest absolute Gasteiger partial charge is 0.342 e. The van der Waals surface area contributed by atoms with E-state index in [2.05, 4.69) is 39.9 Å². The number of piperidine rings is 1. The van der Waals surface area contributed by atoms with Crippen LogP contribution in [0.25, 0.3) is 0 Å². The lowest BCUT2D eigenvalue weighted by Gasteiger charge is -2.43. The second kappa shape index (κ2) is 5.60. The Bertz CT molecular complexity index is 287. The lowest BCUT2D eigenvalue weighted by Crippen LogP contribution is -2.52. The minimum Gasteiger partial charge on any atom is -0.342 e. The molecule has 1 fully saturated rings. The molecular weight excluding hydrogens is 224 g/mol. The van der Waals surface area contributed by atoms with Gasteiger partial charge in [0.05, 0.1) is 5.41 Å². The summed E-state index contributed by atoms with van der Waals surface area (Å²) in [4.78, 5) is 14.8. The van der Waals surface area contributed by atoms with Crippen LogP contribution in [0.3, 0.4) is 0 Å². The van der Waals surface area contributed by atoms with Gasteiger partial charge in [-0.2, -0.15) is 0 Å². The van der Waals surface area contributed by atoms with Crippen molar-refractivity contribution in [2.24, 2.45) is 10.8 Å². The first-order chi connectivity index (χ1) is 8.24. The van der Waals surface area contributed by atoms with E-state index < -0.39 is 0 Å². The van der Waals surface area contributed by atoms with Crippen LogP contribution in [-0.4, -0.2) is 37.0 Å². The topological polar surface area (TPSA) is 32.3 Å². The molecule has 1 unspecified atom stereocenters. The lowest BCUT2D eigenvalue weighted by atomic mass is 9.74. The highest BCUT2D eigenvalue weighted by atomic mass is 16.2. The van der Waals surface area contributed by atoms with Gasteiger partial charge in [0.25, 0.3) is 0 Å². The zero-order chi connectivity index (χ0) is 14.0. The molecule has 0 spiro atoms. The molecule has 106 valence electrons. The molecule has 1 atom stereocenters. The van der Waals surface area contributed by atoms with Crippen molar-refractivity contribution in [3.05, 3.63) is 0 Å². The zero-order valence-corrected chi connectivity index (χ0v) is 13.0. The summed E-state index contributed by atoms with van der Waals surface area (Å²) in [6.45, 7) is 12.8. The van der Waals surface area contributed by atoms with E-state index in [0.717, 1.165) is 32.4 Å². The number of nitrogens with zero attached hydrogens (tertiary/aromatic N) is 1. The SMILES string of the molecule is CCC1(C(=O)N(C)C(C)C(C)(C)C)CCNCC1. The van der Waals surface area contributed by atoms with Gasteiger partial charge in [-0.05, 0) is 44.7 Å². The maximum absolute atomic E-state index is 12.8. The van der Waals surface area contributed by atoms with E-state index in [-0.39, 0.29) is 16.9 Å². The Morgan fingerprint density at radius 2 is 1.83 bits per heavy atom. The second-order valence-electron chi connectivity index (χ2n) is 6.84. The third-order valence-corrected chi connectivity index (χ3v) is 4.85. The minimum atomic E-state index is -0.125. The first kappa shape index (κ1) is 15.5. The van der Waals surface area contributed by atoms with Gasteiger partial charge in [0.2, 0.25) is 5.91 Å². The lowest BCUT2D eigenvalue weighted by molar-refractivity contribution is -0.146. The van der Waals surface area contributed by atoms with E-state index in [4.69, 9.17) is 0 Å². The normalized spacial score (nSPS) is 21.4. The number of amides is 1. The molecule has 1 aliphatic rings. The van der Waals surface area contributed by atoms with Crippen LogP contribution in [0.4, 0.5) is 0 Å². The number of rotatable bonds is 3. The van der Waals surface area contributed by atoms with Gasteiger partial charge in [-0.15, -0.1) is 0 Å². The highest BCUT2D eigenvalue weighted by Crippen LogP contribution is 2.36. The summed E-state index contributed by atoms with van der Waals surface area (Å²) >= 11 is 0. The van der Waals surface area contributed by atoms with E-state index in [0.29, 0.717) is 5.91 Å². The fraction of sp³-hybridized carbons (Fsp3) is 0.933. The molecule has 3 nitrogen and oxygen atoms in total. The smallest absolute Gasteiger partial charge is 0.228 e. The predicted molar refractivity (Wildman–Crippen MR) is 76.5 cm³/mol. The van der Waals surface area contributed by atoms with E-state index >= 15 is 0 Å². The fourth-order valence-corrected chi connectivity index (χ4v) is 2.75. The quantitative estimate of drug-likeness (QED) is 0.840. The summed E-state index contributed by atoms with van der Waals surface area (Å²) in [5, 5.41) is 3.36. The van der Waals surface area contributed by atoms with Crippen LogP contribution in [0.1, 0.15) is 53.9 Å². The van der Waals surface area contributed by atoms with E-state index in [1.807, 2.05) is 11.9 Å². The fourth-order valence-electron chi connectivity index (χ4n) is 2.75. The number of nitrogens with one attached hydrogen (secondary N) is 1. The molecule has 1 saturated heterocycles. The third kappa shape index (κ3) is 3.05. The number of hydrogen-bond acceptors (Lipinski definition) is 2. The minimum absolute atomic E-state index is 0.125. The van der Waals surface area contributed by atoms with Crippen molar-refractivity contribution < 1.29 is 4.79 Å². The molecule has 1 N–H and O–H groups in total. The van der Waals surface area contributed by atoms with Gasteiger partial charge >= 0.3 is 0 Å². The Hall–Kier alpha value is -0.570. The van der Waals surface area contributed by atoms with Crippen molar-refractivity contribution in [3.63, 3.8) is 0 Å². The molecule has 0 saturated carbocycles. The molecule has 0 aliphatic carbocycles. The highest BCUT2D eigenvalue weighted by molar-refractivity contribution is 5.83. The molecular formula is C15H30N2O. The third-order valence-electron chi connectivity index (χ3n) is 4.85. The molecule has 0 bridgehead atoms. The molecule has 1 aliphatic heterocycles. The maximum atomic E-state index is 12.8. The van der Waals surface area contributed by atoms with E-state index in [1.54, 1.807) is 0 Å². The van der Waals surface area contributed by atoms with E-state index in [1.165, 1.54) is 0 Å². The first-order valence-electron chi connectivity index (χ1n) is 7.22. The average Bonchev–Trinajstić information content (AvgIpc) is 2.35. The molecule has 3 heteroatoms. The van der Waals surface area contributed by atoms with Crippen LogP contribution in [0.5, 0.6) is 0 Å². The monoisotopic (exact) mass is 254 g/mol. The van der Waals surface area contributed by atoms with E-state index in [9.17, 15) is 4.79 Å². The van der Waals surface area contributed by atoms with Gasteiger partial charge in [0, 0.05) is 13.1 Å². The summed E-state index contributed by atoms with van der Waals surface area (Å²) in [7, 11) is 1.97.